The number of aromatic amines is 1. The zero-order valence-corrected chi connectivity index (χ0v) is 14.5. The van der Waals surface area contributed by atoms with Crippen LogP contribution in [0.4, 0.5) is 0 Å². The number of nitrogens with zero attached hydrogens (tertiary/aromatic N) is 1. The van der Waals surface area contributed by atoms with E-state index in [0.29, 0.717) is 12.0 Å². The number of H-pyrrole nitrogens is 1. The van der Waals surface area contributed by atoms with Crippen LogP contribution in [0, 0.1) is 5.92 Å². The number of nitrogens with one attached hydrogen (secondary N) is 1. The van der Waals surface area contributed by atoms with Crippen molar-refractivity contribution in [2.24, 2.45) is 5.92 Å². The van der Waals surface area contributed by atoms with E-state index in [1.54, 1.807) is 7.11 Å². The summed E-state index contributed by atoms with van der Waals surface area (Å²) in [5.74, 6) is 1.41. The quantitative estimate of drug-likeness (QED) is 0.850. The maximum absolute atomic E-state index is 9.43. The third kappa shape index (κ3) is 2.45. The second kappa shape index (κ2) is 6.26. The Morgan fingerprint density at radius 1 is 1.42 bits per heavy atom. The van der Waals surface area contributed by atoms with Crippen LogP contribution < -0.4 is 4.74 Å². The molecule has 2 unspecified atom stereocenters. The molecule has 2 aliphatic rings. The van der Waals surface area contributed by atoms with Crippen LogP contribution in [0.5, 0.6) is 5.75 Å². The molecule has 4 rings (SSSR count). The maximum atomic E-state index is 9.43. The summed E-state index contributed by atoms with van der Waals surface area (Å²) in [5, 5.41) is 10.7. The predicted octanol–water partition coefficient (Wildman–Crippen LogP) is 3.42. The van der Waals surface area contributed by atoms with Crippen LogP contribution in [0.15, 0.2) is 29.8 Å². The lowest BCUT2D eigenvalue weighted by Crippen LogP contribution is -2.42. The summed E-state index contributed by atoms with van der Waals surface area (Å²) in [5.41, 5.74) is 5.53. The summed E-state index contributed by atoms with van der Waals surface area (Å²) < 4.78 is 5.41. The topological polar surface area (TPSA) is 48.5 Å². The molecule has 0 amide bonds. The van der Waals surface area contributed by atoms with Crippen LogP contribution in [-0.4, -0.2) is 41.8 Å². The Morgan fingerprint density at radius 3 is 3.04 bits per heavy atom. The molecule has 1 aromatic carbocycles. The molecule has 2 aromatic rings. The lowest BCUT2D eigenvalue weighted by atomic mass is 9.80. The highest BCUT2D eigenvalue weighted by atomic mass is 16.5. The zero-order chi connectivity index (χ0) is 16.7. The molecular weight excluding hydrogens is 300 g/mol. The number of aliphatic hydroxyl groups is 1. The van der Waals surface area contributed by atoms with Crippen molar-refractivity contribution in [1.29, 1.82) is 0 Å². The molecule has 24 heavy (non-hydrogen) atoms. The van der Waals surface area contributed by atoms with Crippen molar-refractivity contribution in [3.8, 4) is 5.75 Å². The zero-order valence-electron chi connectivity index (χ0n) is 14.5. The van der Waals surface area contributed by atoms with E-state index in [0.717, 1.165) is 38.1 Å². The van der Waals surface area contributed by atoms with E-state index in [-0.39, 0.29) is 6.61 Å². The summed E-state index contributed by atoms with van der Waals surface area (Å²) in [6.45, 7) is 4.53. The number of rotatable bonds is 3. The second-order valence-electron chi connectivity index (χ2n) is 6.97. The maximum Gasteiger partial charge on any atom is 0.119 e. The highest BCUT2D eigenvalue weighted by molar-refractivity contribution is 5.86. The monoisotopic (exact) mass is 326 g/mol. The molecule has 2 aliphatic heterocycles. The van der Waals surface area contributed by atoms with E-state index in [4.69, 9.17) is 4.74 Å². The molecule has 4 heteroatoms. The minimum absolute atomic E-state index is 0.269. The van der Waals surface area contributed by atoms with Crippen molar-refractivity contribution in [2.75, 3.05) is 26.8 Å². The number of benzene rings is 1. The molecule has 1 saturated heterocycles. The smallest absolute Gasteiger partial charge is 0.119 e. The van der Waals surface area contributed by atoms with Gasteiger partial charge in [0.15, 0.2) is 0 Å². The third-order valence-electron chi connectivity index (χ3n) is 5.84. The van der Waals surface area contributed by atoms with E-state index in [1.165, 1.54) is 27.7 Å². The van der Waals surface area contributed by atoms with Gasteiger partial charge in [-0.2, -0.15) is 0 Å². The van der Waals surface area contributed by atoms with E-state index < -0.39 is 0 Å². The third-order valence-corrected chi connectivity index (χ3v) is 5.84. The summed E-state index contributed by atoms with van der Waals surface area (Å²) in [6, 6.07) is 6.75. The van der Waals surface area contributed by atoms with Gasteiger partial charge >= 0.3 is 0 Å². The van der Waals surface area contributed by atoms with Gasteiger partial charge in [-0.3, -0.25) is 4.90 Å². The van der Waals surface area contributed by atoms with Gasteiger partial charge in [-0.25, -0.2) is 0 Å². The number of fused-ring (bicyclic) bond motifs is 5. The van der Waals surface area contributed by atoms with Crippen molar-refractivity contribution < 1.29 is 9.84 Å². The molecule has 1 fully saturated rings. The average molecular weight is 326 g/mol. The van der Waals surface area contributed by atoms with Gasteiger partial charge in [0.25, 0.3) is 0 Å². The minimum Gasteiger partial charge on any atom is -0.497 e. The lowest BCUT2D eigenvalue weighted by Gasteiger charge is -2.43. The van der Waals surface area contributed by atoms with E-state index in [2.05, 4.69) is 35.0 Å². The Labute approximate surface area is 143 Å². The van der Waals surface area contributed by atoms with Crippen molar-refractivity contribution >= 4 is 10.9 Å². The minimum atomic E-state index is 0.269. The Morgan fingerprint density at radius 2 is 2.29 bits per heavy atom. The van der Waals surface area contributed by atoms with Gasteiger partial charge in [0.1, 0.15) is 5.75 Å². The molecule has 0 spiro atoms. The molecule has 0 aliphatic carbocycles. The van der Waals surface area contributed by atoms with Crippen LogP contribution in [0.2, 0.25) is 0 Å². The molecule has 0 saturated carbocycles. The number of piperidine rings is 1. The Bertz CT molecular complexity index is 777. The van der Waals surface area contributed by atoms with Crippen LogP contribution in [-0.2, 0) is 6.42 Å². The van der Waals surface area contributed by atoms with Crippen molar-refractivity contribution in [3.63, 3.8) is 0 Å². The number of hydrogen-bond donors (Lipinski definition) is 2. The molecule has 3 heterocycles. The number of allylic oxidation sites excluding steroid dienone is 1. The van der Waals surface area contributed by atoms with Gasteiger partial charge < -0.3 is 14.8 Å². The van der Waals surface area contributed by atoms with Crippen molar-refractivity contribution in [1.82, 2.24) is 9.88 Å². The predicted molar refractivity (Wildman–Crippen MR) is 96.4 cm³/mol. The van der Waals surface area contributed by atoms with Gasteiger partial charge in [-0.1, -0.05) is 11.6 Å². The van der Waals surface area contributed by atoms with Crippen LogP contribution in [0.25, 0.3) is 10.9 Å². The molecule has 2 N–H and O–H groups in total. The largest absolute Gasteiger partial charge is 0.497 e. The number of methoxy groups -OCH3 is 1. The van der Waals surface area contributed by atoms with E-state index in [9.17, 15) is 5.11 Å². The lowest BCUT2D eigenvalue weighted by molar-refractivity contribution is 0.126. The first-order valence-electron chi connectivity index (χ1n) is 8.93. The first-order valence-corrected chi connectivity index (χ1v) is 8.93. The van der Waals surface area contributed by atoms with E-state index in [1.807, 2.05) is 6.07 Å². The highest BCUT2D eigenvalue weighted by Crippen LogP contribution is 2.43. The number of aliphatic hydroxyl groups excluding tert-OH is 1. The van der Waals surface area contributed by atoms with Gasteiger partial charge in [0.2, 0.25) is 0 Å². The van der Waals surface area contributed by atoms with Crippen LogP contribution >= 0.6 is 0 Å². The summed E-state index contributed by atoms with van der Waals surface area (Å²) in [6.07, 6.45) is 5.30. The average Bonchev–Trinajstić information content (AvgIpc) is 2.99. The standard InChI is InChI=1S/C20H26N2O2/c1-3-13-12-22-8-6-16-17-11-15(24-2)4-5-18(17)21-20(16)19(22)10-14(13)7-9-23/h3-5,11,14,19,21,23H,6-10,12H2,1-2H3. The van der Waals surface area contributed by atoms with Gasteiger partial charge in [-0.15, -0.1) is 0 Å². The molecular formula is C20H26N2O2. The van der Waals surface area contributed by atoms with Crippen LogP contribution in [0.1, 0.15) is 37.1 Å². The highest BCUT2D eigenvalue weighted by Gasteiger charge is 2.37. The number of hydrogen-bond acceptors (Lipinski definition) is 3. The first-order chi connectivity index (χ1) is 11.7. The normalized spacial score (nSPS) is 25.7. The van der Waals surface area contributed by atoms with Gasteiger partial charge in [0.05, 0.1) is 13.2 Å². The fraction of sp³-hybridized carbons (Fsp3) is 0.500. The molecule has 0 bridgehead atoms. The number of aromatic nitrogens is 1. The fourth-order valence-electron chi connectivity index (χ4n) is 4.55. The summed E-state index contributed by atoms with van der Waals surface area (Å²) in [4.78, 5) is 6.28. The van der Waals surface area contributed by atoms with E-state index >= 15 is 0 Å². The SMILES string of the molecule is CC=C1CN2CCc3c([nH]c4ccc(OC)cc34)C2CC1CCO. The van der Waals surface area contributed by atoms with Crippen molar-refractivity contribution in [3.05, 3.63) is 41.1 Å². The molecule has 0 radical (unpaired) electrons. The van der Waals surface area contributed by atoms with Gasteiger partial charge in [-0.05, 0) is 55.9 Å². The first kappa shape index (κ1) is 15.7. The summed E-state index contributed by atoms with van der Waals surface area (Å²) >= 11 is 0. The Balaban J connectivity index is 1.74. The van der Waals surface area contributed by atoms with Crippen LogP contribution in [0.3, 0.4) is 0 Å². The molecule has 1 aromatic heterocycles. The van der Waals surface area contributed by atoms with Gasteiger partial charge in [0, 0.05) is 36.3 Å². The molecule has 4 nitrogen and oxygen atoms in total. The van der Waals surface area contributed by atoms with Crippen molar-refractivity contribution in [2.45, 2.75) is 32.2 Å². The summed E-state index contributed by atoms with van der Waals surface area (Å²) in [7, 11) is 1.72. The Kier molecular flexibility index (Phi) is 4.10. The molecule has 128 valence electrons. The Hall–Kier alpha value is -1.78. The number of ether oxygens (including phenoxy) is 1. The second-order valence-corrected chi connectivity index (χ2v) is 6.97. The fourth-order valence-corrected chi connectivity index (χ4v) is 4.55. The molecule has 2 atom stereocenters.